The molecule has 10 N–H and O–H groups in total. The molecule has 0 unspecified atom stereocenters. The van der Waals surface area contributed by atoms with Crippen molar-refractivity contribution in [1.29, 1.82) is 0 Å². The van der Waals surface area contributed by atoms with Crippen LogP contribution in [0.5, 0.6) is 57.5 Å². The lowest BCUT2D eigenvalue weighted by molar-refractivity contribution is 0.00578. The van der Waals surface area contributed by atoms with E-state index in [4.69, 9.17) is 13.7 Å². The molecular formula is C34H29BN2O13. The first-order valence-electron chi connectivity index (χ1n) is 15.0. The third-order valence-corrected chi connectivity index (χ3v) is 9.27. The fourth-order valence-electron chi connectivity index (χ4n) is 5.83. The SMILES string of the molecule is CC1(C)OB(c2ccc3oc4cccc(-c5cc(-c6c(O)c(O)c(O)c(O)c6O)nc(-c6c(O)c(O)c(O)c(O)c6O)n5)c4c3c2)OC1(C)C. The first kappa shape index (κ1) is 32.3. The Bertz CT molecular complexity index is 2260. The fraction of sp³-hybridized carbons (Fsp3) is 0.176. The van der Waals surface area contributed by atoms with Crippen LogP contribution in [0.3, 0.4) is 0 Å². The van der Waals surface area contributed by atoms with E-state index < -0.39 is 98.5 Å². The van der Waals surface area contributed by atoms with Gasteiger partial charge in [-0.05, 0) is 51.4 Å². The highest BCUT2D eigenvalue weighted by atomic mass is 16.7. The van der Waals surface area contributed by atoms with Crippen molar-refractivity contribution < 1.29 is 64.8 Å². The van der Waals surface area contributed by atoms with E-state index >= 15 is 0 Å². The molecule has 0 aliphatic carbocycles. The molecule has 1 aliphatic heterocycles. The van der Waals surface area contributed by atoms with Crippen molar-refractivity contribution in [3.8, 4) is 91.4 Å². The number of aromatic nitrogens is 2. The van der Waals surface area contributed by atoms with E-state index in [1.165, 1.54) is 6.07 Å². The number of hydrogen-bond donors (Lipinski definition) is 10. The highest BCUT2D eigenvalue weighted by Crippen LogP contribution is 2.57. The zero-order chi connectivity index (χ0) is 36.2. The quantitative estimate of drug-likeness (QED) is 0.0684. The van der Waals surface area contributed by atoms with E-state index in [1.54, 1.807) is 30.3 Å². The van der Waals surface area contributed by atoms with Crippen LogP contribution in [0.25, 0.3) is 55.8 Å². The van der Waals surface area contributed by atoms with E-state index in [2.05, 4.69) is 9.97 Å². The largest absolute Gasteiger partial charge is 0.504 e. The second-order valence-corrected chi connectivity index (χ2v) is 12.8. The molecule has 0 atom stereocenters. The predicted octanol–water partition coefficient (Wildman–Crippen LogP) is 4.73. The molecule has 2 aromatic heterocycles. The van der Waals surface area contributed by atoms with Gasteiger partial charge in [-0.25, -0.2) is 9.97 Å². The van der Waals surface area contributed by atoms with Gasteiger partial charge in [0.1, 0.15) is 16.7 Å². The molecule has 3 heterocycles. The number of benzene rings is 4. The van der Waals surface area contributed by atoms with E-state index in [9.17, 15) is 51.1 Å². The summed E-state index contributed by atoms with van der Waals surface area (Å²) in [5.74, 6) is -12.5. The second kappa shape index (κ2) is 10.6. The lowest BCUT2D eigenvalue weighted by Gasteiger charge is -2.32. The molecule has 0 spiro atoms. The molecule has 0 bridgehead atoms. The molecule has 0 radical (unpaired) electrons. The van der Waals surface area contributed by atoms with Crippen molar-refractivity contribution in [2.24, 2.45) is 0 Å². The number of aromatic hydroxyl groups is 10. The summed E-state index contributed by atoms with van der Waals surface area (Å²) in [6.45, 7) is 7.70. The lowest BCUT2D eigenvalue weighted by Crippen LogP contribution is -2.41. The molecule has 7 rings (SSSR count). The Balaban J connectivity index is 1.53. The first-order chi connectivity index (χ1) is 23.4. The van der Waals surface area contributed by atoms with Gasteiger partial charge in [0.2, 0.25) is 34.5 Å². The fourth-order valence-corrected chi connectivity index (χ4v) is 5.83. The molecule has 1 saturated heterocycles. The molecule has 15 nitrogen and oxygen atoms in total. The standard InChI is InChI=1S/C34H29BN2O13/c1-33(2)34(3,4)50-35(49-33)12-8-9-17-14(10-12)19-13(6-5-7-18(19)48-17)15-11-16(20-22(38)26(42)30(46)27(43)23(20)39)37-32(36-15)21-24(40)28(44)31(47)29(45)25(21)41/h5-11,38-47H,1-4H3. The van der Waals surface area contributed by atoms with Crippen molar-refractivity contribution in [2.75, 3.05) is 0 Å². The van der Waals surface area contributed by atoms with E-state index in [0.717, 1.165) is 0 Å². The van der Waals surface area contributed by atoms with Crippen LogP contribution < -0.4 is 5.46 Å². The molecule has 16 heteroatoms. The van der Waals surface area contributed by atoms with Crippen LogP contribution >= 0.6 is 0 Å². The van der Waals surface area contributed by atoms with Gasteiger partial charge in [-0.3, -0.25) is 0 Å². The second-order valence-electron chi connectivity index (χ2n) is 12.8. The van der Waals surface area contributed by atoms with E-state index in [0.29, 0.717) is 33.0 Å². The minimum absolute atomic E-state index is 0.0314. The minimum atomic E-state index is -1.24. The molecule has 1 aliphatic rings. The van der Waals surface area contributed by atoms with Gasteiger partial charge in [-0.1, -0.05) is 24.3 Å². The van der Waals surface area contributed by atoms with Crippen LogP contribution in [0.4, 0.5) is 0 Å². The topological polar surface area (TPSA) is 260 Å². The zero-order valence-corrected chi connectivity index (χ0v) is 26.7. The van der Waals surface area contributed by atoms with Crippen LogP contribution in [-0.2, 0) is 9.31 Å². The lowest BCUT2D eigenvalue weighted by atomic mass is 9.78. The Morgan fingerprint density at radius 3 is 1.60 bits per heavy atom. The monoisotopic (exact) mass is 684 g/mol. The average molecular weight is 684 g/mol. The number of rotatable bonds is 4. The molecule has 6 aromatic rings. The summed E-state index contributed by atoms with van der Waals surface area (Å²) in [5.41, 5.74) is -1.34. The minimum Gasteiger partial charge on any atom is -0.504 e. The van der Waals surface area contributed by atoms with Crippen LogP contribution in [0.2, 0.25) is 0 Å². The van der Waals surface area contributed by atoms with Crippen molar-refractivity contribution >= 4 is 34.5 Å². The third kappa shape index (κ3) is 4.53. The Morgan fingerprint density at radius 1 is 0.540 bits per heavy atom. The molecule has 50 heavy (non-hydrogen) atoms. The van der Waals surface area contributed by atoms with Crippen molar-refractivity contribution in [1.82, 2.24) is 9.97 Å². The number of phenols is 10. The van der Waals surface area contributed by atoms with Gasteiger partial charge in [0.25, 0.3) is 0 Å². The normalized spacial score (nSPS) is 15.3. The van der Waals surface area contributed by atoms with Crippen molar-refractivity contribution in [3.63, 3.8) is 0 Å². The van der Waals surface area contributed by atoms with Gasteiger partial charge in [0, 0.05) is 16.3 Å². The summed E-state index contributed by atoms with van der Waals surface area (Å²) < 4.78 is 18.6. The predicted molar refractivity (Wildman–Crippen MR) is 178 cm³/mol. The molecule has 0 saturated carbocycles. The number of hydrogen-bond acceptors (Lipinski definition) is 15. The maximum atomic E-state index is 10.8. The van der Waals surface area contributed by atoms with Crippen LogP contribution in [-0.4, -0.2) is 79.4 Å². The van der Waals surface area contributed by atoms with Gasteiger partial charge >= 0.3 is 7.12 Å². The summed E-state index contributed by atoms with van der Waals surface area (Å²) in [6, 6.07) is 11.5. The summed E-state index contributed by atoms with van der Waals surface area (Å²) in [7, 11) is -0.722. The summed E-state index contributed by atoms with van der Waals surface area (Å²) in [4.78, 5) is 8.64. The number of fused-ring (bicyclic) bond motifs is 3. The van der Waals surface area contributed by atoms with Gasteiger partial charge in [-0.2, -0.15) is 0 Å². The summed E-state index contributed by atoms with van der Waals surface area (Å²) in [5, 5.41) is 105. The van der Waals surface area contributed by atoms with Gasteiger partial charge in [0.15, 0.2) is 28.8 Å². The Kier molecular flexibility index (Phi) is 6.86. The summed E-state index contributed by atoms with van der Waals surface area (Å²) in [6.07, 6.45) is 0. The average Bonchev–Trinajstić information content (AvgIpc) is 3.56. The molecular weight excluding hydrogens is 655 g/mol. The number of furan rings is 1. The Morgan fingerprint density at radius 2 is 1.04 bits per heavy atom. The Labute approximate surface area is 281 Å². The van der Waals surface area contributed by atoms with Crippen LogP contribution in [0.15, 0.2) is 46.9 Å². The van der Waals surface area contributed by atoms with Gasteiger partial charge in [0.05, 0.1) is 28.2 Å². The van der Waals surface area contributed by atoms with Gasteiger partial charge < -0.3 is 64.8 Å². The van der Waals surface area contributed by atoms with E-state index in [-0.39, 0.29) is 5.69 Å². The maximum Gasteiger partial charge on any atom is 0.494 e. The Hall–Kier alpha value is -6.26. The smallest absolute Gasteiger partial charge is 0.494 e. The zero-order valence-electron chi connectivity index (χ0n) is 26.7. The molecule has 256 valence electrons. The molecule has 1 fully saturated rings. The third-order valence-electron chi connectivity index (χ3n) is 9.27. The number of phenolic OH excluding ortho intramolecular Hbond substituents is 10. The number of nitrogens with zero attached hydrogens (tertiary/aromatic N) is 2. The highest BCUT2D eigenvalue weighted by Gasteiger charge is 2.51. The molecule has 0 amide bonds. The van der Waals surface area contributed by atoms with Crippen LogP contribution in [0.1, 0.15) is 27.7 Å². The van der Waals surface area contributed by atoms with Gasteiger partial charge in [-0.15, -0.1) is 0 Å². The molecule has 4 aromatic carbocycles. The maximum absolute atomic E-state index is 10.8. The van der Waals surface area contributed by atoms with Crippen LogP contribution in [0, 0.1) is 0 Å². The first-order valence-corrected chi connectivity index (χ1v) is 15.0. The highest BCUT2D eigenvalue weighted by molar-refractivity contribution is 6.62. The summed E-state index contributed by atoms with van der Waals surface area (Å²) >= 11 is 0. The van der Waals surface area contributed by atoms with E-state index in [1.807, 2.05) is 33.8 Å². The van der Waals surface area contributed by atoms with Crippen molar-refractivity contribution in [2.45, 2.75) is 38.9 Å². The van der Waals surface area contributed by atoms with Crippen molar-refractivity contribution in [3.05, 3.63) is 42.5 Å².